The summed E-state index contributed by atoms with van der Waals surface area (Å²) in [6.45, 7) is 4.21. The molecule has 0 amide bonds. The summed E-state index contributed by atoms with van der Waals surface area (Å²) in [5, 5.41) is 2.74. The number of aryl methyl sites for hydroxylation is 1. The zero-order valence-corrected chi connectivity index (χ0v) is 16.4. The van der Waals surface area contributed by atoms with E-state index in [4.69, 9.17) is 4.74 Å². The molecule has 0 saturated heterocycles. The van der Waals surface area contributed by atoms with Crippen LogP contribution < -0.4 is 10.4 Å². The molecule has 1 radical (unpaired) electrons. The van der Waals surface area contributed by atoms with Gasteiger partial charge in [-0.2, -0.15) is 0 Å². The minimum atomic E-state index is -1.04. The number of methoxy groups -OCH3 is 1. The molecule has 3 heteroatoms. The third kappa shape index (κ3) is 3.78. The Morgan fingerprint density at radius 3 is 1.92 bits per heavy atom. The highest BCUT2D eigenvalue weighted by Crippen LogP contribution is 2.22. The van der Waals surface area contributed by atoms with Gasteiger partial charge in [-0.05, 0) is 29.7 Å². The molecule has 0 saturated carbocycles. The third-order valence-electron chi connectivity index (χ3n) is 4.77. The van der Waals surface area contributed by atoms with Crippen LogP contribution in [0, 0.1) is 6.92 Å². The largest absolute Gasteiger partial charge is 0.465 e. The Morgan fingerprint density at radius 2 is 1.42 bits per heavy atom. The molecular formula is C23H23O2Si. The Labute approximate surface area is 157 Å². The van der Waals surface area contributed by atoms with Gasteiger partial charge in [0.1, 0.15) is 8.80 Å². The van der Waals surface area contributed by atoms with Gasteiger partial charge in [0.2, 0.25) is 0 Å². The van der Waals surface area contributed by atoms with Crippen LogP contribution in [0.1, 0.15) is 33.9 Å². The molecule has 3 rings (SSSR count). The van der Waals surface area contributed by atoms with Crippen molar-refractivity contribution in [1.29, 1.82) is 0 Å². The van der Waals surface area contributed by atoms with Crippen molar-refractivity contribution in [1.82, 2.24) is 0 Å². The van der Waals surface area contributed by atoms with Crippen LogP contribution in [0.15, 0.2) is 78.9 Å². The molecule has 0 spiro atoms. The summed E-state index contributed by atoms with van der Waals surface area (Å²) in [7, 11) is 0.389. The van der Waals surface area contributed by atoms with Gasteiger partial charge < -0.3 is 4.74 Å². The maximum atomic E-state index is 12.1. The molecule has 0 aromatic heterocycles. The van der Waals surface area contributed by atoms with Gasteiger partial charge in [-0.3, -0.25) is 0 Å². The van der Waals surface area contributed by atoms with Crippen LogP contribution in [0.3, 0.4) is 0 Å². The number of carbonyl (C=O) groups is 1. The third-order valence-corrected chi connectivity index (χ3v) is 7.88. The van der Waals surface area contributed by atoms with E-state index in [1.165, 1.54) is 23.0 Å². The molecule has 0 fully saturated rings. The van der Waals surface area contributed by atoms with E-state index in [9.17, 15) is 4.79 Å². The maximum absolute atomic E-state index is 12.1. The van der Waals surface area contributed by atoms with Gasteiger partial charge in [0.05, 0.1) is 12.7 Å². The van der Waals surface area contributed by atoms with Crippen molar-refractivity contribution in [2.75, 3.05) is 7.11 Å². The minimum Gasteiger partial charge on any atom is -0.465 e. The van der Waals surface area contributed by atoms with E-state index in [0.717, 1.165) is 5.56 Å². The summed E-state index contributed by atoms with van der Waals surface area (Å²) in [4.78, 5) is 12.1. The van der Waals surface area contributed by atoms with Crippen LogP contribution in [-0.4, -0.2) is 21.9 Å². The zero-order valence-electron chi connectivity index (χ0n) is 15.4. The lowest BCUT2D eigenvalue weighted by molar-refractivity contribution is 0.0600. The highest BCUT2D eigenvalue weighted by Gasteiger charge is 2.26. The molecule has 0 aliphatic carbocycles. The van der Waals surface area contributed by atoms with Crippen LogP contribution in [0.2, 0.25) is 0 Å². The van der Waals surface area contributed by atoms with E-state index >= 15 is 0 Å². The first kappa shape index (κ1) is 18.1. The van der Waals surface area contributed by atoms with Gasteiger partial charge in [0, 0.05) is 0 Å². The Morgan fingerprint density at radius 1 is 0.885 bits per heavy atom. The van der Waals surface area contributed by atoms with E-state index in [0.29, 0.717) is 11.1 Å². The number of rotatable bonds is 5. The lowest BCUT2D eigenvalue weighted by atomic mass is 10.0. The van der Waals surface area contributed by atoms with Crippen LogP contribution in [0.4, 0.5) is 0 Å². The van der Waals surface area contributed by atoms with Crippen molar-refractivity contribution in [3.8, 4) is 0 Å². The topological polar surface area (TPSA) is 26.3 Å². The number of hydrogen-bond donors (Lipinski definition) is 0. The fourth-order valence-electron chi connectivity index (χ4n) is 3.31. The normalized spacial score (nSPS) is 12.0. The summed E-state index contributed by atoms with van der Waals surface area (Å²) in [6, 6.07) is 27.5. The highest BCUT2D eigenvalue weighted by molar-refractivity contribution is 6.86. The van der Waals surface area contributed by atoms with E-state index in [1.807, 2.05) is 19.1 Å². The summed E-state index contributed by atoms with van der Waals surface area (Å²) >= 11 is 0. The van der Waals surface area contributed by atoms with Crippen LogP contribution in [-0.2, 0) is 4.74 Å². The molecule has 0 bridgehead atoms. The van der Waals surface area contributed by atoms with Crippen LogP contribution >= 0.6 is 0 Å². The summed E-state index contributed by atoms with van der Waals surface area (Å²) < 4.78 is 4.95. The van der Waals surface area contributed by atoms with Gasteiger partial charge in [0.25, 0.3) is 0 Å². The minimum absolute atomic E-state index is 0.273. The second-order valence-electron chi connectivity index (χ2n) is 6.43. The highest BCUT2D eigenvalue weighted by atomic mass is 28.3. The molecule has 1 atom stereocenters. The lowest BCUT2D eigenvalue weighted by Crippen LogP contribution is -2.46. The first-order valence-electron chi connectivity index (χ1n) is 8.78. The molecule has 0 unspecified atom stereocenters. The molecule has 0 aliphatic rings. The van der Waals surface area contributed by atoms with Crippen LogP contribution in [0.5, 0.6) is 0 Å². The molecule has 3 aromatic carbocycles. The van der Waals surface area contributed by atoms with Crippen molar-refractivity contribution >= 4 is 25.1 Å². The number of carbonyl (C=O) groups excluding carboxylic acids is 1. The van der Waals surface area contributed by atoms with Gasteiger partial charge in [-0.15, -0.1) is 0 Å². The number of benzene rings is 3. The molecular weight excluding hydrogens is 336 g/mol. The van der Waals surface area contributed by atoms with Crippen molar-refractivity contribution in [3.63, 3.8) is 0 Å². The van der Waals surface area contributed by atoms with Gasteiger partial charge in [-0.1, -0.05) is 90.1 Å². The summed E-state index contributed by atoms with van der Waals surface area (Å²) in [6.07, 6.45) is 0. The summed E-state index contributed by atoms with van der Waals surface area (Å²) in [5.74, 6) is -0.273. The average Bonchev–Trinajstić information content (AvgIpc) is 2.69. The first-order valence-corrected chi connectivity index (χ1v) is 10.4. The Balaban J connectivity index is 2.06. The monoisotopic (exact) mass is 359 g/mol. The smallest absolute Gasteiger partial charge is 0.338 e. The second kappa shape index (κ2) is 8.15. The predicted molar refractivity (Wildman–Crippen MR) is 109 cm³/mol. The van der Waals surface area contributed by atoms with Crippen molar-refractivity contribution in [2.24, 2.45) is 0 Å². The van der Waals surface area contributed by atoms with Crippen LogP contribution in [0.25, 0.3) is 0 Å². The maximum Gasteiger partial charge on any atom is 0.338 e. The first-order chi connectivity index (χ1) is 12.6. The standard InChI is InChI=1S/C23H23O2Si/c1-17-14-15-19(16-22(17)23(24)25-3)18(2)26(20-10-6-4-7-11-20)21-12-8-5-9-13-21/h4-16,18H,1-3H3/t18-/m0/s1. The second-order valence-corrected chi connectivity index (χ2v) is 9.28. The Kier molecular flexibility index (Phi) is 5.69. The molecule has 131 valence electrons. The van der Waals surface area contributed by atoms with Crippen molar-refractivity contribution in [3.05, 3.63) is 95.6 Å². The molecule has 0 aliphatic heterocycles. The van der Waals surface area contributed by atoms with Crippen molar-refractivity contribution < 1.29 is 9.53 Å². The molecule has 3 aromatic rings. The Hall–Kier alpha value is -2.65. The lowest BCUT2D eigenvalue weighted by Gasteiger charge is -2.24. The number of esters is 1. The van der Waals surface area contributed by atoms with E-state index in [-0.39, 0.29) is 5.97 Å². The molecule has 0 N–H and O–H groups in total. The number of ether oxygens (including phenoxy) is 1. The fourth-order valence-corrected chi connectivity index (χ4v) is 6.26. The summed E-state index contributed by atoms with van der Waals surface area (Å²) in [5.41, 5.74) is 3.09. The molecule has 2 nitrogen and oxygen atoms in total. The zero-order chi connectivity index (χ0) is 18.5. The average molecular weight is 360 g/mol. The van der Waals surface area contributed by atoms with E-state index < -0.39 is 8.80 Å². The van der Waals surface area contributed by atoms with Gasteiger partial charge in [0.15, 0.2) is 0 Å². The Bertz CT molecular complexity index is 836. The SMILES string of the molecule is COC(=O)c1cc([C@H](C)[Si](c2ccccc2)c2ccccc2)ccc1C. The van der Waals surface area contributed by atoms with Gasteiger partial charge >= 0.3 is 5.97 Å². The quantitative estimate of drug-likeness (QED) is 0.512. The van der Waals surface area contributed by atoms with Crippen molar-refractivity contribution in [2.45, 2.75) is 19.4 Å². The van der Waals surface area contributed by atoms with E-state index in [1.54, 1.807) is 0 Å². The van der Waals surface area contributed by atoms with E-state index in [2.05, 4.69) is 73.7 Å². The number of hydrogen-bond acceptors (Lipinski definition) is 2. The molecule has 26 heavy (non-hydrogen) atoms. The molecule has 0 heterocycles. The predicted octanol–water partition coefficient (Wildman–Crippen LogP) is 3.73. The fraction of sp³-hybridized carbons (Fsp3) is 0.174. The van der Waals surface area contributed by atoms with Gasteiger partial charge in [-0.25, -0.2) is 4.79 Å².